The number of hydrogen-bond acceptors (Lipinski definition) is 7. The Labute approximate surface area is 97.5 Å². The zero-order valence-corrected chi connectivity index (χ0v) is 9.72. The zero-order valence-electron chi connectivity index (χ0n) is 9.72. The van der Waals surface area contributed by atoms with Gasteiger partial charge in [0.1, 0.15) is 11.9 Å². The molecule has 0 fully saturated rings. The van der Waals surface area contributed by atoms with Crippen molar-refractivity contribution in [1.29, 1.82) is 0 Å². The topological polar surface area (TPSA) is 103 Å². The van der Waals surface area contributed by atoms with E-state index in [0.717, 1.165) is 0 Å². The highest BCUT2D eigenvalue weighted by Crippen LogP contribution is 2.16. The lowest BCUT2D eigenvalue weighted by Crippen LogP contribution is -2.38. The monoisotopic (exact) mass is 243 g/mol. The average Bonchev–Trinajstić information content (AvgIpc) is 2.26. The van der Waals surface area contributed by atoms with E-state index in [-0.39, 0.29) is 29.7 Å². The predicted molar refractivity (Wildman–Crippen MR) is 57.7 cm³/mol. The van der Waals surface area contributed by atoms with Crippen LogP contribution in [0.4, 0.5) is 0 Å². The van der Waals surface area contributed by atoms with Gasteiger partial charge >= 0.3 is 5.70 Å². The van der Waals surface area contributed by atoms with Gasteiger partial charge in [0.05, 0.1) is 19.1 Å². The van der Waals surface area contributed by atoms with Gasteiger partial charge in [0.15, 0.2) is 0 Å². The maximum atomic E-state index is 11.0. The molecule has 1 atom stereocenters. The Morgan fingerprint density at radius 3 is 2.59 bits per heavy atom. The summed E-state index contributed by atoms with van der Waals surface area (Å²) < 4.78 is 9.69. The molecular formula is C9H13N3O5. The second kappa shape index (κ2) is 5.28. The number of nitrogens with one attached hydrogen (secondary N) is 1. The van der Waals surface area contributed by atoms with Gasteiger partial charge in [0, 0.05) is 6.42 Å². The molecule has 94 valence electrons. The Morgan fingerprint density at radius 1 is 1.53 bits per heavy atom. The molecule has 1 aliphatic rings. The molecule has 1 aliphatic heterocycles. The van der Waals surface area contributed by atoms with E-state index in [4.69, 9.17) is 9.47 Å². The van der Waals surface area contributed by atoms with Gasteiger partial charge in [-0.3, -0.25) is 14.9 Å². The molecule has 0 bridgehead atoms. The van der Waals surface area contributed by atoms with Crippen LogP contribution in [0.25, 0.3) is 0 Å². The van der Waals surface area contributed by atoms with Crippen molar-refractivity contribution in [1.82, 2.24) is 5.32 Å². The van der Waals surface area contributed by atoms with Gasteiger partial charge in [-0.1, -0.05) is 0 Å². The fourth-order valence-corrected chi connectivity index (χ4v) is 1.39. The summed E-state index contributed by atoms with van der Waals surface area (Å²) >= 11 is 0. The van der Waals surface area contributed by atoms with E-state index in [2.05, 4.69) is 10.3 Å². The molecule has 1 unspecified atom stereocenters. The molecule has 0 radical (unpaired) electrons. The van der Waals surface area contributed by atoms with E-state index in [1.54, 1.807) is 0 Å². The fourth-order valence-electron chi connectivity index (χ4n) is 1.39. The molecule has 1 heterocycles. The largest absolute Gasteiger partial charge is 0.477 e. The van der Waals surface area contributed by atoms with E-state index in [1.807, 2.05) is 0 Å². The van der Waals surface area contributed by atoms with Crippen molar-refractivity contribution in [2.24, 2.45) is 4.99 Å². The SMILES string of the molecule is COC1=NC(CC(C)=O)NC(OC)=C1[N+](=O)[O-]. The lowest BCUT2D eigenvalue weighted by Gasteiger charge is -2.21. The molecule has 0 spiro atoms. The molecule has 0 aromatic heterocycles. The second-order valence-electron chi connectivity index (χ2n) is 3.34. The van der Waals surface area contributed by atoms with E-state index in [9.17, 15) is 14.9 Å². The molecule has 0 amide bonds. The third kappa shape index (κ3) is 2.92. The summed E-state index contributed by atoms with van der Waals surface area (Å²) in [5.41, 5.74) is -0.380. The van der Waals surface area contributed by atoms with Gasteiger partial charge in [-0.15, -0.1) is 0 Å². The molecule has 0 aromatic carbocycles. The van der Waals surface area contributed by atoms with Gasteiger partial charge in [-0.05, 0) is 6.92 Å². The molecule has 8 heteroatoms. The van der Waals surface area contributed by atoms with E-state index >= 15 is 0 Å². The summed E-state index contributed by atoms with van der Waals surface area (Å²) in [6, 6.07) is 0. The molecule has 0 aromatic rings. The summed E-state index contributed by atoms with van der Waals surface area (Å²) in [6.07, 6.45) is -0.508. The molecule has 0 aliphatic carbocycles. The number of rotatable bonds is 4. The van der Waals surface area contributed by atoms with Gasteiger partial charge in [0.25, 0.3) is 11.8 Å². The van der Waals surface area contributed by atoms with Crippen LogP contribution >= 0.6 is 0 Å². The Balaban J connectivity index is 3.05. The summed E-state index contributed by atoms with van der Waals surface area (Å²) in [6.45, 7) is 1.41. The zero-order chi connectivity index (χ0) is 13.0. The van der Waals surface area contributed by atoms with Gasteiger partial charge < -0.3 is 14.8 Å². The Kier molecular flexibility index (Phi) is 4.02. The normalized spacial score (nSPS) is 19.2. The van der Waals surface area contributed by atoms with Crippen LogP contribution in [0.15, 0.2) is 16.6 Å². The summed E-state index contributed by atoms with van der Waals surface area (Å²) in [5, 5.41) is 13.5. The van der Waals surface area contributed by atoms with Crippen molar-refractivity contribution in [3.8, 4) is 0 Å². The van der Waals surface area contributed by atoms with Crippen LogP contribution in [0.1, 0.15) is 13.3 Å². The van der Waals surface area contributed by atoms with Crippen LogP contribution in [-0.4, -0.2) is 37.0 Å². The Bertz CT molecular complexity index is 401. The third-order valence-corrected chi connectivity index (χ3v) is 2.05. The van der Waals surface area contributed by atoms with Crippen LogP contribution in [-0.2, 0) is 14.3 Å². The number of hydrogen-bond donors (Lipinski definition) is 1. The molecule has 0 saturated carbocycles. The third-order valence-electron chi connectivity index (χ3n) is 2.05. The number of carbonyl (C=O) groups is 1. The number of nitrogens with zero attached hydrogens (tertiary/aromatic N) is 2. The second-order valence-corrected chi connectivity index (χ2v) is 3.34. The van der Waals surface area contributed by atoms with Crippen LogP contribution in [0.5, 0.6) is 0 Å². The average molecular weight is 243 g/mol. The van der Waals surface area contributed by atoms with Gasteiger partial charge in [-0.2, -0.15) is 0 Å². The highest BCUT2D eigenvalue weighted by molar-refractivity contribution is 5.92. The first-order valence-corrected chi connectivity index (χ1v) is 4.80. The van der Waals surface area contributed by atoms with Crippen molar-refractivity contribution < 1.29 is 19.2 Å². The Hall–Kier alpha value is -2.12. The first-order chi connectivity index (χ1) is 7.99. The first kappa shape index (κ1) is 12.9. The smallest absolute Gasteiger partial charge is 0.389 e. The van der Waals surface area contributed by atoms with Gasteiger partial charge in [-0.25, -0.2) is 4.99 Å². The highest BCUT2D eigenvalue weighted by atomic mass is 16.6. The van der Waals surface area contributed by atoms with Crippen LogP contribution in [0.2, 0.25) is 0 Å². The van der Waals surface area contributed by atoms with Crippen LogP contribution in [0.3, 0.4) is 0 Å². The standard InChI is InChI=1S/C9H13N3O5/c1-5(13)4-6-10-8(16-2)7(12(14)15)9(11-6)17-3/h6,10H,4H2,1-3H3. The number of methoxy groups -OCH3 is 2. The van der Waals surface area contributed by atoms with E-state index in [1.165, 1.54) is 21.1 Å². The minimum Gasteiger partial charge on any atom is -0.477 e. The molecule has 17 heavy (non-hydrogen) atoms. The highest BCUT2D eigenvalue weighted by Gasteiger charge is 2.34. The maximum absolute atomic E-state index is 11.0. The molecular weight excluding hydrogens is 230 g/mol. The quantitative estimate of drug-likeness (QED) is 0.552. The molecule has 0 saturated heterocycles. The van der Waals surface area contributed by atoms with Crippen LogP contribution < -0.4 is 5.32 Å². The van der Waals surface area contributed by atoms with Crippen LogP contribution in [0, 0.1) is 10.1 Å². The Morgan fingerprint density at radius 2 is 2.18 bits per heavy atom. The minimum atomic E-state index is -0.655. The van der Waals surface area contributed by atoms with Crippen molar-refractivity contribution in [3.63, 3.8) is 0 Å². The molecule has 8 nitrogen and oxygen atoms in total. The van der Waals surface area contributed by atoms with E-state index < -0.39 is 11.1 Å². The number of aliphatic imine (C=N–C) groups is 1. The minimum absolute atomic E-state index is 0.0619. The summed E-state index contributed by atoms with van der Waals surface area (Å²) in [5.74, 6) is -0.313. The first-order valence-electron chi connectivity index (χ1n) is 4.80. The van der Waals surface area contributed by atoms with Crippen molar-refractivity contribution >= 4 is 11.7 Å². The van der Waals surface area contributed by atoms with Crippen molar-refractivity contribution in [2.75, 3.05) is 14.2 Å². The maximum Gasteiger partial charge on any atom is 0.389 e. The van der Waals surface area contributed by atoms with E-state index in [0.29, 0.717) is 0 Å². The number of ketones is 1. The summed E-state index contributed by atoms with van der Waals surface area (Å²) in [7, 11) is 2.56. The number of carbonyl (C=O) groups excluding carboxylic acids is 1. The fraction of sp³-hybridized carbons (Fsp3) is 0.556. The molecule has 1 rings (SSSR count). The number of Topliss-reactive ketones (excluding diaryl/α,β-unsaturated/α-hetero) is 1. The number of ether oxygens (including phenoxy) is 2. The number of nitro groups is 1. The molecule has 1 N–H and O–H groups in total. The van der Waals surface area contributed by atoms with Crippen molar-refractivity contribution in [2.45, 2.75) is 19.5 Å². The van der Waals surface area contributed by atoms with Gasteiger partial charge in [0.2, 0.25) is 0 Å². The predicted octanol–water partition coefficient (Wildman–Crippen LogP) is 0.0319. The lowest BCUT2D eigenvalue weighted by molar-refractivity contribution is -0.420. The lowest BCUT2D eigenvalue weighted by atomic mass is 10.2. The summed E-state index contributed by atoms with van der Waals surface area (Å²) in [4.78, 5) is 25.1. The van der Waals surface area contributed by atoms with Crippen molar-refractivity contribution in [3.05, 3.63) is 21.7 Å².